The van der Waals surface area contributed by atoms with Crippen LogP contribution in [0.25, 0.3) is 111 Å². The number of hydrogen-bond acceptors (Lipinski definition) is 1. The molecule has 5 nitrogen and oxygen atoms in total. The van der Waals surface area contributed by atoms with Gasteiger partial charge in [-0.3, -0.25) is 4.40 Å². The van der Waals surface area contributed by atoms with Crippen molar-refractivity contribution in [3.63, 3.8) is 0 Å². The van der Waals surface area contributed by atoms with Crippen LogP contribution in [0.15, 0.2) is 188 Å². The number of hydrogen-bond donors (Lipinski definition) is 0. The largest absolute Gasteiger partial charge is 0.309 e. The molecule has 13 aromatic rings. The van der Waals surface area contributed by atoms with Gasteiger partial charge in [-0.15, -0.1) is 0 Å². The number of rotatable bonds is 5. The van der Waals surface area contributed by atoms with Crippen molar-refractivity contribution in [3.8, 4) is 39.6 Å². The monoisotopic (exact) mass is 990 g/mol. The van der Waals surface area contributed by atoms with Crippen LogP contribution in [0.1, 0.15) is 105 Å². The minimum Gasteiger partial charge on any atom is -0.309 e. The molecule has 5 heteroatoms. The zero-order chi connectivity index (χ0) is 52.8. The van der Waals surface area contributed by atoms with E-state index in [-0.39, 0.29) is 21.7 Å². The summed E-state index contributed by atoms with van der Waals surface area (Å²) in [6.07, 6.45) is 2.21. The van der Waals surface area contributed by atoms with Crippen LogP contribution >= 0.6 is 0 Å². The maximum absolute atomic E-state index is 5.43. The van der Waals surface area contributed by atoms with Crippen LogP contribution < -0.4 is 0 Å². The predicted octanol–water partition coefficient (Wildman–Crippen LogP) is 19.1. The van der Waals surface area contributed by atoms with Crippen molar-refractivity contribution < 1.29 is 0 Å². The minimum atomic E-state index is 0.00839. The van der Waals surface area contributed by atoms with Crippen LogP contribution in [0.2, 0.25) is 0 Å². The van der Waals surface area contributed by atoms with E-state index in [0.29, 0.717) is 0 Å². The van der Waals surface area contributed by atoms with E-state index in [1.165, 1.54) is 76.6 Å². The van der Waals surface area contributed by atoms with Crippen LogP contribution in [0.4, 0.5) is 0 Å². The van der Waals surface area contributed by atoms with Gasteiger partial charge in [0.05, 0.1) is 50.2 Å². The van der Waals surface area contributed by atoms with Crippen molar-refractivity contribution in [2.45, 2.75) is 105 Å². The Morgan fingerprint density at radius 1 is 0.303 bits per heavy atom. The van der Waals surface area contributed by atoms with Crippen LogP contribution in [0.3, 0.4) is 0 Å². The highest BCUT2D eigenvalue weighted by Crippen LogP contribution is 2.43. The van der Waals surface area contributed by atoms with Gasteiger partial charge in [0.15, 0.2) is 0 Å². The molecular weight excluding hydrogens is 923 g/mol. The lowest BCUT2D eigenvalue weighted by Gasteiger charge is -2.19. The molecule has 5 aromatic heterocycles. The second kappa shape index (κ2) is 16.7. The number of imidazole rings is 1. The summed E-state index contributed by atoms with van der Waals surface area (Å²) >= 11 is 0. The first-order valence-corrected chi connectivity index (χ1v) is 27.1. The summed E-state index contributed by atoms with van der Waals surface area (Å²) in [4.78, 5) is 5.43. The lowest BCUT2D eigenvalue weighted by atomic mass is 9.85. The fourth-order valence-corrected chi connectivity index (χ4v) is 11.9. The predicted molar refractivity (Wildman–Crippen MR) is 324 cm³/mol. The van der Waals surface area contributed by atoms with Crippen molar-refractivity contribution in [3.05, 3.63) is 210 Å². The zero-order valence-electron chi connectivity index (χ0n) is 46.1. The van der Waals surface area contributed by atoms with Crippen molar-refractivity contribution in [1.29, 1.82) is 0 Å². The minimum absolute atomic E-state index is 0.00839. The molecule has 76 heavy (non-hydrogen) atoms. The molecule has 5 heterocycles. The number of aromatic nitrogens is 5. The second-order valence-corrected chi connectivity index (χ2v) is 25.5. The van der Waals surface area contributed by atoms with Gasteiger partial charge < -0.3 is 13.7 Å². The highest BCUT2D eigenvalue weighted by atomic mass is 15.1. The van der Waals surface area contributed by atoms with E-state index >= 15 is 0 Å². The van der Waals surface area contributed by atoms with Crippen molar-refractivity contribution in [1.82, 2.24) is 23.1 Å². The van der Waals surface area contributed by atoms with E-state index in [1.807, 2.05) is 0 Å². The molecule has 376 valence electrons. The Kier molecular flexibility index (Phi) is 10.4. The first-order chi connectivity index (χ1) is 36.2. The SMILES string of the molecule is CC(C)(C)c1ccc2c(c1)c1cc(C(C)(C)C)ccc1n2-c1ccc2c(c1)c1cc(-n3c4ccc(C(C)(C)C)cc4c4cc(C(C)(C)C)ccc43)ccc1n2-c1ccn2c(-c3ccccc3)c(-c3ccccc3)nc2c1. The molecule has 0 bridgehead atoms. The summed E-state index contributed by atoms with van der Waals surface area (Å²) < 4.78 is 9.69. The molecule has 0 aliphatic heterocycles. The first kappa shape index (κ1) is 47.6. The summed E-state index contributed by atoms with van der Waals surface area (Å²) in [6.45, 7) is 27.7. The second-order valence-electron chi connectivity index (χ2n) is 25.5. The molecule has 0 atom stereocenters. The van der Waals surface area contributed by atoms with Gasteiger partial charge in [-0.25, -0.2) is 4.98 Å². The average Bonchev–Trinajstić information content (AvgIpc) is 4.22. The Bertz CT molecular complexity index is 4120. The molecule has 0 fully saturated rings. The summed E-state index contributed by atoms with van der Waals surface area (Å²) in [5.41, 5.74) is 21.0. The summed E-state index contributed by atoms with van der Waals surface area (Å²) in [5.74, 6) is 0. The van der Waals surface area contributed by atoms with Gasteiger partial charge in [0.25, 0.3) is 0 Å². The quantitative estimate of drug-likeness (QED) is 0.169. The lowest BCUT2D eigenvalue weighted by Crippen LogP contribution is -2.10. The van der Waals surface area contributed by atoms with Gasteiger partial charge in [-0.2, -0.15) is 0 Å². The fourth-order valence-electron chi connectivity index (χ4n) is 11.9. The van der Waals surface area contributed by atoms with Gasteiger partial charge >= 0.3 is 0 Å². The van der Waals surface area contributed by atoms with Crippen LogP contribution in [0.5, 0.6) is 0 Å². The number of nitrogens with zero attached hydrogens (tertiary/aromatic N) is 5. The Labute approximate surface area is 446 Å². The van der Waals surface area contributed by atoms with Crippen LogP contribution in [-0.2, 0) is 21.7 Å². The lowest BCUT2D eigenvalue weighted by molar-refractivity contribution is 0.590. The van der Waals surface area contributed by atoms with E-state index in [4.69, 9.17) is 4.98 Å². The highest BCUT2D eigenvalue weighted by molar-refractivity contribution is 6.14. The molecule has 8 aromatic carbocycles. The summed E-state index contributed by atoms with van der Waals surface area (Å²) in [6, 6.07) is 68.5. The van der Waals surface area contributed by atoms with E-state index in [0.717, 1.165) is 56.3 Å². The highest BCUT2D eigenvalue weighted by Gasteiger charge is 2.26. The fraction of sp³-hybridized carbons (Fsp3) is 0.225. The number of pyridine rings is 1. The summed E-state index contributed by atoms with van der Waals surface area (Å²) in [5, 5.41) is 7.51. The Balaban J connectivity index is 1.09. The normalized spacial score (nSPS) is 13.0. The van der Waals surface area contributed by atoms with Gasteiger partial charge in [0.2, 0.25) is 0 Å². The van der Waals surface area contributed by atoms with Crippen molar-refractivity contribution in [2.24, 2.45) is 0 Å². The maximum atomic E-state index is 5.43. The van der Waals surface area contributed by atoms with Gasteiger partial charge in [0.1, 0.15) is 5.65 Å². The standard InChI is InChI=1S/C71H67N5/c1-68(2,3)46-23-29-59-53(37-46)54-38-47(69(4,5)6)24-30-60(54)74(59)50-27-33-63-57(41-50)58-42-51(75-61-31-25-48(70(7,8)9)39-55(61)56-40-49(71(10,11)12)26-32-62(56)75)28-34-64(58)76(63)52-35-36-73-65(43-52)72-66(44-19-15-13-16-20-44)67(73)45-21-17-14-18-22-45/h13-43H,1-12H3. The van der Waals surface area contributed by atoms with Crippen LogP contribution in [0, 0.1) is 0 Å². The first-order valence-electron chi connectivity index (χ1n) is 27.1. The maximum Gasteiger partial charge on any atom is 0.140 e. The molecule has 0 unspecified atom stereocenters. The average molecular weight is 990 g/mol. The van der Waals surface area contributed by atoms with Crippen molar-refractivity contribution >= 4 is 71.1 Å². The molecular formula is C71H67N5. The topological polar surface area (TPSA) is 32.1 Å². The van der Waals surface area contributed by atoms with Crippen molar-refractivity contribution in [2.75, 3.05) is 0 Å². The van der Waals surface area contributed by atoms with E-state index < -0.39 is 0 Å². The van der Waals surface area contributed by atoms with E-state index in [9.17, 15) is 0 Å². The molecule has 13 rings (SSSR count). The third kappa shape index (κ3) is 7.60. The Hall–Kier alpha value is -8.15. The molecule has 0 N–H and O–H groups in total. The van der Waals surface area contributed by atoms with E-state index in [2.05, 4.69) is 289 Å². The molecule has 0 saturated carbocycles. The Morgan fingerprint density at radius 3 is 0.974 bits per heavy atom. The number of benzene rings is 8. The Morgan fingerprint density at radius 2 is 0.618 bits per heavy atom. The van der Waals surface area contributed by atoms with Gasteiger partial charge in [-0.1, -0.05) is 168 Å². The molecule has 0 spiro atoms. The zero-order valence-corrected chi connectivity index (χ0v) is 46.1. The molecule has 0 saturated heterocycles. The third-order valence-corrected chi connectivity index (χ3v) is 16.2. The molecule has 0 aliphatic rings. The number of fused-ring (bicyclic) bond motifs is 10. The van der Waals surface area contributed by atoms with Gasteiger partial charge in [-0.05, 0) is 135 Å². The molecule has 0 radical (unpaired) electrons. The third-order valence-electron chi connectivity index (χ3n) is 16.2. The molecule has 0 amide bonds. The summed E-state index contributed by atoms with van der Waals surface area (Å²) in [7, 11) is 0. The van der Waals surface area contributed by atoms with Crippen LogP contribution in [-0.4, -0.2) is 23.1 Å². The van der Waals surface area contributed by atoms with E-state index in [1.54, 1.807) is 0 Å². The smallest absolute Gasteiger partial charge is 0.140 e. The van der Waals surface area contributed by atoms with Gasteiger partial charge in [0, 0.05) is 67.1 Å². The molecule has 0 aliphatic carbocycles.